The minimum Gasteiger partial charge on any atom is -0.467 e. The van der Waals surface area contributed by atoms with Crippen molar-refractivity contribution in [2.75, 3.05) is 51.3 Å². The van der Waals surface area contributed by atoms with Gasteiger partial charge < -0.3 is 24.5 Å². The standard InChI is InChI=1S/C23H32F3N3O4/c1-16-12-19(30)15-27(14-16)8-6-20(22(32)33-2)29-11-10-28(9-7-21(29)31)18-5-3-4-17(13-18)23(24,25)26/h3-5,13,16,19-20,30H,6-12,14-15H2,1-2H3. The van der Waals surface area contributed by atoms with Gasteiger partial charge in [0.05, 0.1) is 18.8 Å². The van der Waals surface area contributed by atoms with Crippen LogP contribution in [-0.2, 0) is 20.5 Å². The van der Waals surface area contributed by atoms with Gasteiger partial charge >= 0.3 is 12.1 Å². The maximum Gasteiger partial charge on any atom is 0.416 e. The summed E-state index contributed by atoms with van der Waals surface area (Å²) in [6.07, 6.45) is -3.66. The highest BCUT2D eigenvalue weighted by atomic mass is 19.4. The topological polar surface area (TPSA) is 73.3 Å². The number of aliphatic hydroxyl groups is 1. The van der Waals surface area contributed by atoms with Gasteiger partial charge in [0.25, 0.3) is 0 Å². The van der Waals surface area contributed by atoms with Gasteiger partial charge in [0.15, 0.2) is 0 Å². The summed E-state index contributed by atoms with van der Waals surface area (Å²) < 4.78 is 44.3. The van der Waals surface area contributed by atoms with E-state index in [0.717, 1.165) is 25.1 Å². The Bertz CT molecular complexity index is 825. The second-order valence-electron chi connectivity index (χ2n) is 8.95. The molecule has 184 valence electrons. The minimum atomic E-state index is -4.45. The number of likely N-dealkylation sites (tertiary alicyclic amines) is 1. The second kappa shape index (κ2) is 10.7. The van der Waals surface area contributed by atoms with E-state index in [2.05, 4.69) is 11.8 Å². The molecule has 1 amide bonds. The van der Waals surface area contributed by atoms with Crippen molar-refractivity contribution in [2.24, 2.45) is 5.92 Å². The number of rotatable bonds is 6. The van der Waals surface area contributed by atoms with Crippen LogP contribution in [0.25, 0.3) is 0 Å². The van der Waals surface area contributed by atoms with Gasteiger partial charge in [-0.15, -0.1) is 0 Å². The first-order chi connectivity index (χ1) is 15.6. The molecule has 0 aromatic heterocycles. The van der Waals surface area contributed by atoms with Crippen LogP contribution in [0.1, 0.15) is 31.7 Å². The maximum absolute atomic E-state index is 13.1. The first-order valence-electron chi connectivity index (χ1n) is 11.3. The third kappa shape index (κ3) is 6.60. The van der Waals surface area contributed by atoms with Crippen molar-refractivity contribution >= 4 is 17.6 Å². The Balaban J connectivity index is 1.70. The molecule has 2 fully saturated rings. The quantitative estimate of drug-likeness (QED) is 0.643. The largest absolute Gasteiger partial charge is 0.467 e. The number of methoxy groups -OCH3 is 1. The van der Waals surface area contributed by atoms with Crippen molar-refractivity contribution < 1.29 is 32.6 Å². The zero-order valence-corrected chi connectivity index (χ0v) is 19.1. The molecule has 2 saturated heterocycles. The lowest BCUT2D eigenvalue weighted by atomic mass is 9.97. The van der Waals surface area contributed by atoms with Crippen molar-refractivity contribution in [3.8, 4) is 0 Å². The number of aliphatic hydroxyl groups excluding tert-OH is 1. The Morgan fingerprint density at radius 3 is 2.67 bits per heavy atom. The fourth-order valence-corrected chi connectivity index (χ4v) is 4.76. The third-order valence-corrected chi connectivity index (χ3v) is 6.35. The molecule has 33 heavy (non-hydrogen) atoms. The van der Waals surface area contributed by atoms with Crippen molar-refractivity contribution in [2.45, 2.75) is 44.5 Å². The minimum absolute atomic E-state index is 0.0865. The molecule has 2 aliphatic heterocycles. The second-order valence-corrected chi connectivity index (χ2v) is 8.95. The monoisotopic (exact) mass is 471 g/mol. The van der Waals surface area contributed by atoms with Crippen LogP contribution in [0.15, 0.2) is 24.3 Å². The predicted octanol–water partition coefficient (Wildman–Crippen LogP) is 2.38. The van der Waals surface area contributed by atoms with E-state index in [1.54, 1.807) is 11.0 Å². The van der Waals surface area contributed by atoms with E-state index < -0.39 is 29.9 Å². The van der Waals surface area contributed by atoms with Gasteiger partial charge in [0.1, 0.15) is 6.04 Å². The van der Waals surface area contributed by atoms with E-state index in [1.807, 2.05) is 0 Å². The molecule has 3 unspecified atom stereocenters. The Morgan fingerprint density at radius 1 is 1.24 bits per heavy atom. The van der Waals surface area contributed by atoms with Gasteiger partial charge in [-0.3, -0.25) is 4.79 Å². The Morgan fingerprint density at radius 2 is 2.00 bits per heavy atom. The smallest absolute Gasteiger partial charge is 0.416 e. The number of anilines is 1. The molecule has 1 aromatic rings. The summed E-state index contributed by atoms with van der Waals surface area (Å²) in [5, 5.41) is 10.0. The first kappa shape index (κ1) is 25.3. The lowest BCUT2D eigenvalue weighted by molar-refractivity contribution is -0.153. The van der Waals surface area contributed by atoms with Crippen molar-refractivity contribution in [3.05, 3.63) is 29.8 Å². The lowest BCUT2D eigenvalue weighted by Crippen LogP contribution is -2.49. The number of alkyl halides is 3. The van der Waals surface area contributed by atoms with E-state index in [9.17, 15) is 27.9 Å². The Hall–Kier alpha value is -2.33. The Kier molecular flexibility index (Phi) is 8.23. The molecule has 0 aliphatic carbocycles. The fourth-order valence-electron chi connectivity index (χ4n) is 4.76. The van der Waals surface area contributed by atoms with Gasteiger partial charge in [-0.25, -0.2) is 4.79 Å². The highest BCUT2D eigenvalue weighted by Gasteiger charge is 2.35. The van der Waals surface area contributed by atoms with Crippen LogP contribution in [0.2, 0.25) is 0 Å². The predicted molar refractivity (Wildman–Crippen MR) is 117 cm³/mol. The summed E-state index contributed by atoms with van der Waals surface area (Å²) in [4.78, 5) is 30.8. The summed E-state index contributed by atoms with van der Waals surface area (Å²) >= 11 is 0. The fraction of sp³-hybridized carbons (Fsp3) is 0.652. The van der Waals surface area contributed by atoms with Crippen molar-refractivity contribution in [3.63, 3.8) is 0 Å². The molecule has 2 aliphatic rings. The van der Waals surface area contributed by atoms with E-state index in [4.69, 9.17) is 4.74 Å². The number of ether oxygens (including phenoxy) is 1. The maximum atomic E-state index is 13.1. The number of nitrogens with zero attached hydrogens (tertiary/aromatic N) is 3. The highest BCUT2D eigenvalue weighted by molar-refractivity contribution is 5.85. The van der Waals surface area contributed by atoms with Crippen LogP contribution in [0.3, 0.4) is 0 Å². The molecule has 3 rings (SSSR count). The molecule has 3 atom stereocenters. The summed E-state index contributed by atoms with van der Waals surface area (Å²) in [6, 6.07) is 4.27. The average Bonchev–Trinajstić information content (AvgIpc) is 2.94. The molecule has 7 nitrogen and oxygen atoms in total. The molecular formula is C23H32F3N3O4. The zero-order chi connectivity index (χ0) is 24.2. The number of benzene rings is 1. The summed E-state index contributed by atoms with van der Waals surface area (Å²) in [5.41, 5.74) is -0.344. The number of piperidine rings is 1. The number of hydrogen-bond acceptors (Lipinski definition) is 6. The van der Waals surface area contributed by atoms with Crippen molar-refractivity contribution in [1.29, 1.82) is 0 Å². The average molecular weight is 472 g/mol. The number of carbonyl (C=O) groups excluding carboxylic acids is 2. The van der Waals surface area contributed by atoms with E-state index in [0.29, 0.717) is 37.7 Å². The van der Waals surface area contributed by atoms with Crippen LogP contribution in [-0.4, -0.2) is 85.3 Å². The SMILES string of the molecule is COC(=O)C(CCN1CC(C)CC(O)C1)N1CCN(c2cccc(C(F)(F)F)c2)CCC1=O. The van der Waals surface area contributed by atoms with Crippen molar-refractivity contribution in [1.82, 2.24) is 9.80 Å². The molecule has 0 spiro atoms. The highest BCUT2D eigenvalue weighted by Crippen LogP contribution is 2.32. The molecule has 2 heterocycles. The zero-order valence-electron chi connectivity index (χ0n) is 19.1. The molecule has 1 aromatic carbocycles. The van der Waals surface area contributed by atoms with E-state index >= 15 is 0 Å². The number of esters is 1. The van der Waals surface area contributed by atoms with Gasteiger partial charge in [0, 0.05) is 51.4 Å². The molecular weight excluding hydrogens is 439 g/mol. The van der Waals surface area contributed by atoms with Crippen LogP contribution in [0, 0.1) is 5.92 Å². The number of β-amino-alcohol motifs (C(OH)–C–C–N with tert-alkyl or cyclic N) is 1. The summed E-state index contributed by atoms with van der Waals surface area (Å²) in [6.45, 7) is 4.70. The number of hydrogen-bond donors (Lipinski definition) is 1. The molecule has 0 radical (unpaired) electrons. The van der Waals surface area contributed by atoms with Crippen LogP contribution < -0.4 is 4.90 Å². The normalized spacial score (nSPS) is 23.9. The molecule has 10 heteroatoms. The lowest BCUT2D eigenvalue weighted by Gasteiger charge is -2.36. The van der Waals surface area contributed by atoms with Gasteiger partial charge in [0.2, 0.25) is 5.91 Å². The number of amides is 1. The Labute approximate surface area is 192 Å². The molecule has 0 saturated carbocycles. The summed E-state index contributed by atoms with van der Waals surface area (Å²) in [5.74, 6) is -0.403. The first-order valence-corrected chi connectivity index (χ1v) is 11.3. The van der Waals surface area contributed by atoms with Crippen LogP contribution in [0.5, 0.6) is 0 Å². The summed E-state index contributed by atoms with van der Waals surface area (Å²) in [7, 11) is 1.28. The molecule has 0 bridgehead atoms. The third-order valence-electron chi connectivity index (χ3n) is 6.35. The van der Waals surface area contributed by atoms with E-state index in [1.165, 1.54) is 18.1 Å². The van der Waals surface area contributed by atoms with E-state index in [-0.39, 0.29) is 25.4 Å². The van der Waals surface area contributed by atoms with Crippen LogP contribution in [0.4, 0.5) is 18.9 Å². The molecule has 1 N–H and O–H groups in total. The number of halogens is 3. The number of carbonyl (C=O) groups is 2. The van der Waals surface area contributed by atoms with Crippen LogP contribution >= 0.6 is 0 Å². The van der Waals surface area contributed by atoms with Gasteiger partial charge in [-0.1, -0.05) is 13.0 Å². The van der Waals surface area contributed by atoms with Gasteiger partial charge in [-0.05, 0) is 37.0 Å². The van der Waals surface area contributed by atoms with Gasteiger partial charge in [-0.2, -0.15) is 13.2 Å².